The minimum Gasteiger partial charge on any atom is -0.317 e. The van der Waals surface area contributed by atoms with Crippen LogP contribution in [-0.2, 0) is 10.0 Å². The summed E-state index contributed by atoms with van der Waals surface area (Å²) >= 11 is 0. The summed E-state index contributed by atoms with van der Waals surface area (Å²) in [6.07, 6.45) is 2.61. The molecular formula is C11H26N2O2S. The predicted molar refractivity (Wildman–Crippen MR) is 69.1 cm³/mol. The number of rotatable bonds is 9. The smallest absolute Gasteiger partial charge is 0.214 e. The van der Waals surface area contributed by atoms with Gasteiger partial charge in [-0.3, -0.25) is 0 Å². The lowest BCUT2D eigenvalue weighted by atomic mass is 10.2. The van der Waals surface area contributed by atoms with E-state index >= 15 is 0 Å². The van der Waals surface area contributed by atoms with Crippen LogP contribution < -0.4 is 5.32 Å². The van der Waals surface area contributed by atoms with Crippen molar-refractivity contribution in [2.24, 2.45) is 0 Å². The molecule has 0 aromatic carbocycles. The van der Waals surface area contributed by atoms with Gasteiger partial charge < -0.3 is 5.32 Å². The summed E-state index contributed by atoms with van der Waals surface area (Å²) < 4.78 is 25.3. The maximum absolute atomic E-state index is 11.9. The van der Waals surface area contributed by atoms with Crippen molar-refractivity contribution in [3.8, 4) is 0 Å². The molecule has 1 unspecified atom stereocenters. The molecule has 0 aromatic heterocycles. The van der Waals surface area contributed by atoms with Crippen molar-refractivity contribution >= 4 is 10.0 Å². The highest BCUT2D eigenvalue weighted by molar-refractivity contribution is 7.89. The summed E-state index contributed by atoms with van der Waals surface area (Å²) in [6.45, 7) is 7.71. The van der Waals surface area contributed by atoms with Crippen LogP contribution in [0.2, 0.25) is 0 Å². The van der Waals surface area contributed by atoms with Crippen LogP contribution in [0.15, 0.2) is 0 Å². The van der Waals surface area contributed by atoms with E-state index in [-0.39, 0.29) is 11.8 Å². The van der Waals surface area contributed by atoms with Crippen molar-refractivity contribution in [3.63, 3.8) is 0 Å². The Morgan fingerprint density at radius 3 is 2.44 bits per heavy atom. The van der Waals surface area contributed by atoms with Crippen LogP contribution in [0.25, 0.3) is 0 Å². The SMILES string of the molecule is CCCC(C)N(C)S(=O)(=O)CCCNCC. The minimum absolute atomic E-state index is 0.106. The molecule has 0 bridgehead atoms. The van der Waals surface area contributed by atoms with Gasteiger partial charge in [0.05, 0.1) is 5.75 Å². The van der Waals surface area contributed by atoms with Gasteiger partial charge in [-0.1, -0.05) is 20.3 Å². The van der Waals surface area contributed by atoms with E-state index in [1.54, 1.807) is 7.05 Å². The molecule has 0 aliphatic rings. The highest BCUT2D eigenvalue weighted by Crippen LogP contribution is 2.10. The van der Waals surface area contributed by atoms with Crippen molar-refractivity contribution in [1.29, 1.82) is 0 Å². The van der Waals surface area contributed by atoms with Gasteiger partial charge in [0, 0.05) is 13.1 Å². The van der Waals surface area contributed by atoms with E-state index < -0.39 is 10.0 Å². The van der Waals surface area contributed by atoms with E-state index in [0.29, 0.717) is 6.42 Å². The summed E-state index contributed by atoms with van der Waals surface area (Å²) in [7, 11) is -1.39. The molecule has 0 radical (unpaired) electrons. The summed E-state index contributed by atoms with van der Waals surface area (Å²) in [6, 6.07) is 0.106. The lowest BCUT2D eigenvalue weighted by molar-refractivity contribution is 0.368. The highest BCUT2D eigenvalue weighted by Gasteiger charge is 2.21. The van der Waals surface area contributed by atoms with E-state index in [1.165, 1.54) is 4.31 Å². The van der Waals surface area contributed by atoms with Crippen LogP contribution in [-0.4, -0.2) is 44.7 Å². The molecule has 0 saturated carbocycles. The first-order valence-corrected chi connectivity index (χ1v) is 7.73. The molecule has 0 saturated heterocycles. The van der Waals surface area contributed by atoms with Crippen LogP contribution >= 0.6 is 0 Å². The third-order valence-electron chi connectivity index (χ3n) is 2.77. The van der Waals surface area contributed by atoms with Crippen molar-refractivity contribution < 1.29 is 8.42 Å². The molecule has 0 aromatic rings. The molecule has 5 heteroatoms. The molecule has 0 fully saturated rings. The molecule has 1 atom stereocenters. The molecule has 0 rings (SSSR count). The normalized spacial score (nSPS) is 14.3. The summed E-state index contributed by atoms with van der Waals surface area (Å²) in [4.78, 5) is 0. The molecule has 4 nitrogen and oxygen atoms in total. The number of sulfonamides is 1. The van der Waals surface area contributed by atoms with Crippen molar-refractivity contribution in [3.05, 3.63) is 0 Å². The largest absolute Gasteiger partial charge is 0.317 e. The Labute approximate surface area is 100 Å². The molecule has 0 aliphatic carbocycles. The van der Waals surface area contributed by atoms with E-state index in [0.717, 1.165) is 25.9 Å². The summed E-state index contributed by atoms with van der Waals surface area (Å²) in [5.41, 5.74) is 0. The quantitative estimate of drug-likeness (QED) is 0.630. The van der Waals surface area contributed by atoms with Crippen LogP contribution in [0, 0.1) is 0 Å². The Morgan fingerprint density at radius 1 is 1.31 bits per heavy atom. The molecule has 98 valence electrons. The van der Waals surface area contributed by atoms with Crippen molar-refractivity contribution in [2.45, 2.75) is 46.1 Å². The Kier molecular flexibility index (Phi) is 7.97. The monoisotopic (exact) mass is 250 g/mol. The molecule has 0 heterocycles. The Balaban J connectivity index is 4.10. The first kappa shape index (κ1) is 15.9. The van der Waals surface area contributed by atoms with E-state index in [9.17, 15) is 8.42 Å². The number of hydrogen-bond acceptors (Lipinski definition) is 3. The van der Waals surface area contributed by atoms with Gasteiger partial charge in [0.15, 0.2) is 0 Å². The lowest BCUT2D eigenvalue weighted by Crippen LogP contribution is -2.37. The van der Waals surface area contributed by atoms with Gasteiger partial charge in [-0.05, 0) is 32.9 Å². The van der Waals surface area contributed by atoms with Gasteiger partial charge in [0.2, 0.25) is 10.0 Å². The molecule has 0 aliphatic heterocycles. The van der Waals surface area contributed by atoms with E-state index in [2.05, 4.69) is 12.2 Å². The Hall–Kier alpha value is -0.130. The van der Waals surface area contributed by atoms with Gasteiger partial charge in [-0.15, -0.1) is 0 Å². The zero-order valence-corrected chi connectivity index (χ0v) is 11.8. The van der Waals surface area contributed by atoms with E-state index in [4.69, 9.17) is 0 Å². The second kappa shape index (κ2) is 8.03. The molecule has 0 amide bonds. The number of nitrogens with zero attached hydrogens (tertiary/aromatic N) is 1. The highest BCUT2D eigenvalue weighted by atomic mass is 32.2. The van der Waals surface area contributed by atoms with Crippen LogP contribution in [0.1, 0.15) is 40.0 Å². The summed E-state index contributed by atoms with van der Waals surface area (Å²) in [5, 5.41) is 3.13. The third-order valence-corrected chi connectivity index (χ3v) is 4.81. The average molecular weight is 250 g/mol. The van der Waals surface area contributed by atoms with Gasteiger partial charge in [-0.25, -0.2) is 12.7 Å². The second-order valence-electron chi connectivity index (χ2n) is 4.18. The van der Waals surface area contributed by atoms with Crippen molar-refractivity contribution in [2.75, 3.05) is 25.9 Å². The van der Waals surface area contributed by atoms with E-state index in [1.807, 2.05) is 13.8 Å². The van der Waals surface area contributed by atoms with Crippen LogP contribution in [0.4, 0.5) is 0 Å². The molecule has 0 spiro atoms. The topological polar surface area (TPSA) is 49.4 Å². The number of hydrogen-bond donors (Lipinski definition) is 1. The first-order valence-electron chi connectivity index (χ1n) is 6.12. The maximum Gasteiger partial charge on any atom is 0.214 e. The molecule has 16 heavy (non-hydrogen) atoms. The third kappa shape index (κ3) is 5.82. The van der Waals surface area contributed by atoms with Gasteiger partial charge in [-0.2, -0.15) is 0 Å². The second-order valence-corrected chi connectivity index (χ2v) is 6.33. The van der Waals surface area contributed by atoms with Gasteiger partial charge in [0.25, 0.3) is 0 Å². The zero-order valence-electron chi connectivity index (χ0n) is 11.0. The van der Waals surface area contributed by atoms with Crippen molar-refractivity contribution in [1.82, 2.24) is 9.62 Å². The lowest BCUT2D eigenvalue weighted by Gasteiger charge is -2.23. The molecular weight excluding hydrogens is 224 g/mol. The fourth-order valence-corrected chi connectivity index (χ4v) is 3.02. The fourth-order valence-electron chi connectivity index (χ4n) is 1.57. The maximum atomic E-state index is 11.9. The predicted octanol–water partition coefficient (Wildman–Crippen LogP) is 1.44. The number of nitrogens with one attached hydrogen (secondary N) is 1. The average Bonchev–Trinajstić information content (AvgIpc) is 2.23. The Bertz CT molecular complexity index is 265. The summed E-state index contributed by atoms with van der Waals surface area (Å²) in [5.74, 6) is 0.241. The fraction of sp³-hybridized carbons (Fsp3) is 1.00. The van der Waals surface area contributed by atoms with Crippen LogP contribution in [0.3, 0.4) is 0 Å². The zero-order chi connectivity index (χ0) is 12.6. The van der Waals surface area contributed by atoms with Gasteiger partial charge >= 0.3 is 0 Å². The first-order chi connectivity index (χ1) is 7.45. The minimum atomic E-state index is -3.07. The van der Waals surface area contributed by atoms with Crippen LogP contribution in [0.5, 0.6) is 0 Å². The standard InChI is InChI=1S/C11H26N2O2S/c1-5-8-11(3)13(4)16(14,15)10-7-9-12-6-2/h11-12H,5-10H2,1-4H3. The Morgan fingerprint density at radius 2 is 1.94 bits per heavy atom. The molecule has 1 N–H and O–H groups in total. The van der Waals surface area contributed by atoms with Gasteiger partial charge in [0.1, 0.15) is 0 Å².